The summed E-state index contributed by atoms with van der Waals surface area (Å²) in [6.07, 6.45) is 3.48. The molecule has 2 atom stereocenters. The molecule has 2 aliphatic heterocycles. The van der Waals surface area contributed by atoms with Gasteiger partial charge in [0.1, 0.15) is 0 Å². The molecular formula is C16H17BrN4O. The molecule has 2 aliphatic rings. The number of aromatic nitrogens is 2. The summed E-state index contributed by atoms with van der Waals surface area (Å²) in [5, 5.41) is 7.72. The van der Waals surface area contributed by atoms with Crippen molar-refractivity contribution >= 4 is 21.8 Å². The van der Waals surface area contributed by atoms with E-state index in [4.69, 9.17) is 0 Å². The lowest BCUT2D eigenvalue weighted by molar-refractivity contribution is 0.0781. The average molecular weight is 361 g/mol. The second kappa shape index (κ2) is 5.52. The summed E-state index contributed by atoms with van der Waals surface area (Å²) in [5.74, 6) is 1.32. The zero-order valence-corrected chi connectivity index (χ0v) is 13.7. The highest BCUT2D eigenvalue weighted by Crippen LogP contribution is 2.27. The van der Waals surface area contributed by atoms with E-state index in [2.05, 4.69) is 26.3 Å². The molecule has 0 radical (unpaired) electrons. The molecule has 1 aromatic carbocycles. The Bertz CT molecular complexity index is 702. The van der Waals surface area contributed by atoms with Crippen molar-refractivity contribution in [1.29, 1.82) is 0 Å². The minimum absolute atomic E-state index is 0.0932. The summed E-state index contributed by atoms with van der Waals surface area (Å²) in [7, 11) is 0. The Morgan fingerprint density at radius 3 is 2.77 bits per heavy atom. The highest BCUT2D eigenvalue weighted by molar-refractivity contribution is 9.10. The second-order valence-corrected chi connectivity index (χ2v) is 6.96. The number of amides is 1. The fourth-order valence-corrected chi connectivity index (χ4v) is 3.78. The van der Waals surface area contributed by atoms with Crippen molar-refractivity contribution in [3.63, 3.8) is 0 Å². The number of benzene rings is 1. The van der Waals surface area contributed by atoms with Gasteiger partial charge in [-0.05, 0) is 30.0 Å². The summed E-state index contributed by atoms with van der Waals surface area (Å²) >= 11 is 3.45. The predicted molar refractivity (Wildman–Crippen MR) is 87.0 cm³/mol. The summed E-state index contributed by atoms with van der Waals surface area (Å²) < 4.78 is 2.74. The van der Waals surface area contributed by atoms with Crippen molar-refractivity contribution < 1.29 is 4.79 Å². The molecule has 6 heteroatoms. The van der Waals surface area contributed by atoms with Gasteiger partial charge in [0.2, 0.25) is 0 Å². The first-order valence-corrected chi connectivity index (χ1v) is 8.30. The summed E-state index contributed by atoms with van der Waals surface area (Å²) in [5.41, 5.74) is 1.60. The molecular weight excluding hydrogens is 344 g/mol. The van der Waals surface area contributed by atoms with Crippen LogP contribution in [0.15, 0.2) is 41.1 Å². The van der Waals surface area contributed by atoms with E-state index in [0.717, 1.165) is 36.3 Å². The minimum Gasteiger partial charge on any atom is -0.338 e. The quantitative estimate of drug-likeness (QED) is 0.889. The third-order valence-corrected chi connectivity index (χ3v) is 5.07. The largest absolute Gasteiger partial charge is 0.338 e. The predicted octanol–water partition coefficient (Wildman–Crippen LogP) is 1.93. The Hall–Kier alpha value is -1.66. The number of fused-ring (bicyclic) bond motifs is 1. The van der Waals surface area contributed by atoms with Gasteiger partial charge in [-0.15, -0.1) is 0 Å². The van der Waals surface area contributed by atoms with Crippen LogP contribution in [0.2, 0.25) is 0 Å². The number of likely N-dealkylation sites (tertiary alicyclic amines) is 1. The fraction of sp³-hybridized carbons (Fsp3) is 0.375. The van der Waals surface area contributed by atoms with Crippen LogP contribution in [0.1, 0.15) is 10.4 Å². The smallest absolute Gasteiger partial charge is 0.257 e. The van der Waals surface area contributed by atoms with Gasteiger partial charge in [0.15, 0.2) is 0 Å². The summed E-state index contributed by atoms with van der Waals surface area (Å²) in [6, 6.07) is 7.87. The zero-order chi connectivity index (χ0) is 15.1. The van der Waals surface area contributed by atoms with E-state index < -0.39 is 0 Å². The van der Waals surface area contributed by atoms with Crippen molar-refractivity contribution in [2.24, 2.45) is 11.8 Å². The number of rotatable bonds is 2. The van der Waals surface area contributed by atoms with Gasteiger partial charge in [0.05, 0.1) is 17.4 Å². The molecule has 1 aromatic heterocycles. The van der Waals surface area contributed by atoms with Crippen LogP contribution in [0.4, 0.5) is 0 Å². The number of nitrogens with zero attached hydrogens (tertiary/aromatic N) is 3. The number of carbonyl (C=O) groups is 1. The highest BCUT2D eigenvalue weighted by Gasteiger charge is 2.38. The van der Waals surface area contributed by atoms with Crippen LogP contribution >= 0.6 is 15.9 Å². The van der Waals surface area contributed by atoms with Gasteiger partial charge < -0.3 is 10.2 Å². The topological polar surface area (TPSA) is 50.2 Å². The van der Waals surface area contributed by atoms with Crippen LogP contribution in [0.5, 0.6) is 0 Å². The van der Waals surface area contributed by atoms with Gasteiger partial charge in [-0.2, -0.15) is 5.10 Å². The average Bonchev–Trinajstić information content (AvgIpc) is 3.22. The summed E-state index contributed by atoms with van der Waals surface area (Å²) in [4.78, 5) is 14.6. The number of halogens is 1. The van der Waals surface area contributed by atoms with Crippen molar-refractivity contribution in [1.82, 2.24) is 20.0 Å². The fourth-order valence-electron chi connectivity index (χ4n) is 3.40. The van der Waals surface area contributed by atoms with E-state index in [0.29, 0.717) is 17.4 Å². The maximum absolute atomic E-state index is 12.6. The van der Waals surface area contributed by atoms with E-state index >= 15 is 0 Å². The van der Waals surface area contributed by atoms with Crippen LogP contribution in [0.3, 0.4) is 0 Å². The standard InChI is InChI=1S/C16H17BrN4O/c17-14-2-1-3-15(4-14)21-10-13(7-19-21)16(22)20-8-11-5-18-6-12(11)9-20/h1-4,7,10-12,18H,5-6,8-9H2/t11-,12+. The van der Waals surface area contributed by atoms with Gasteiger partial charge >= 0.3 is 0 Å². The monoisotopic (exact) mass is 360 g/mol. The second-order valence-electron chi connectivity index (χ2n) is 6.04. The van der Waals surface area contributed by atoms with Crippen molar-refractivity contribution in [2.45, 2.75) is 0 Å². The molecule has 0 bridgehead atoms. The Morgan fingerprint density at radius 1 is 1.27 bits per heavy atom. The number of hydrogen-bond acceptors (Lipinski definition) is 3. The number of carbonyl (C=O) groups excluding carboxylic acids is 1. The van der Waals surface area contributed by atoms with E-state index in [1.54, 1.807) is 10.9 Å². The molecule has 0 spiro atoms. The van der Waals surface area contributed by atoms with Gasteiger partial charge in [-0.1, -0.05) is 22.0 Å². The maximum atomic E-state index is 12.6. The minimum atomic E-state index is 0.0932. The molecule has 2 saturated heterocycles. The normalized spacial score (nSPS) is 23.8. The SMILES string of the molecule is O=C(c1cnn(-c2cccc(Br)c2)c1)N1C[C@H]2CNC[C@H]2C1. The zero-order valence-electron chi connectivity index (χ0n) is 12.1. The molecule has 22 heavy (non-hydrogen) atoms. The first kappa shape index (κ1) is 14.0. The van der Waals surface area contributed by atoms with Crippen molar-refractivity contribution in [2.75, 3.05) is 26.2 Å². The number of nitrogens with one attached hydrogen (secondary N) is 1. The van der Waals surface area contributed by atoms with Crippen LogP contribution in [0.25, 0.3) is 5.69 Å². The third-order valence-electron chi connectivity index (χ3n) is 4.58. The van der Waals surface area contributed by atoms with E-state index in [-0.39, 0.29) is 5.91 Å². The Kier molecular flexibility index (Phi) is 3.50. The Labute approximate surface area is 137 Å². The third kappa shape index (κ3) is 2.46. The van der Waals surface area contributed by atoms with Crippen LogP contribution in [-0.2, 0) is 0 Å². The Morgan fingerprint density at radius 2 is 2.05 bits per heavy atom. The lowest BCUT2D eigenvalue weighted by atomic mass is 10.0. The molecule has 0 unspecified atom stereocenters. The lowest BCUT2D eigenvalue weighted by Crippen LogP contribution is -2.31. The van der Waals surface area contributed by atoms with Gasteiger partial charge in [-0.25, -0.2) is 4.68 Å². The number of hydrogen-bond donors (Lipinski definition) is 1. The Balaban J connectivity index is 1.53. The highest BCUT2D eigenvalue weighted by atomic mass is 79.9. The molecule has 1 N–H and O–H groups in total. The molecule has 5 nitrogen and oxygen atoms in total. The van der Waals surface area contributed by atoms with Gasteiger partial charge in [-0.3, -0.25) is 4.79 Å². The maximum Gasteiger partial charge on any atom is 0.257 e. The molecule has 0 saturated carbocycles. The first-order valence-electron chi connectivity index (χ1n) is 7.51. The van der Waals surface area contributed by atoms with Gasteiger partial charge in [0, 0.05) is 36.8 Å². The molecule has 0 aliphatic carbocycles. The molecule has 3 heterocycles. The van der Waals surface area contributed by atoms with Crippen LogP contribution in [0, 0.1) is 11.8 Å². The summed E-state index contributed by atoms with van der Waals surface area (Å²) in [6.45, 7) is 3.79. The van der Waals surface area contributed by atoms with E-state index in [1.807, 2.05) is 35.4 Å². The van der Waals surface area contributed by atoms with Gasteiger partial charge in [0.25, 0.3) is 5.91 Å². The molecule has 2 aromatic rings. The molecule has 114 valence electrons. The molecule has 2 fully saturated rings. The first-order chi connectivity index (χ1) is 10.7. The van der Waals surface area contributed by atoms with Crippen molar-refractivity contribution in [3.05, 3.63) is 46.7 Å². The van der Waals surface area contributed by atoms with Crippen molar-refractivity contribution in [3.8, 4) is 5.69 Å². The van der Waals surface area contributed by atoms with E-state index in [9.17, 15) is 4.79 Å². The lowest BCUT2D eigenvalue weighted by Gasteiger charge is -2.16. The van der Waals surface area contributed by atoms with Crippen LogP contribution in [-0.4, -0.2) is 46.8 Å². The molecule has 1 amide bonds. The van der Waals surface area contributed by atoms with Crippen LogP contribution < -0.4 is 5.32 Å². The van der Waals surface area contributed by atoms with E-state index in [1.165, 1.54) is 0 Å². The molecule has 4 rings (SSSR count).